The first-order valence-corrected chi connectivity index (χ1v) is 8.69. The van der Waals surface area contributed by atoms with Crippen LogP contribution in [0.1, 0.15) is 38.3 Å². The lowest BCUT2D eigenvalue weighted by Crippen LogP contribution is -2.47. The van der Waals surface area contributed by atoms with Gasteiger partial charge in [-0.3, -0.25) is 14.5 Å². The molecule has 0 bridgehead atoms. The van der Waals surface area contributed by atoms with Crippen LogP contribution in [0.2, 0.25) is 0 Å². The topological polar surface area (TPSA) is 52.7 Å². The van der Waals surface area contributed by atoms with Crippen LogP contribution in [-0.2, 0) is 9.59 Å². The Hall–Kier alpha value is -1.88. The number of hydrogen-bond acceptors (Lipinski definition) is 3. The summed E-state index contributed by atoms with van der Waals surface area (Å²) in [4.78, 5) is 28.4. The highest BCUT2D eigenvalue weighted by Crippen LogP contribution is 2.22. The number of hydrogen-bond donors (Lipinski definition) is 1. The van der Waals surface area contributed by atoms with E-state index in [9.17, 15) is 9.59 Å². The van der Waals surface area contributed by atoms with Gasteiger partial charge in [0.2, 0.25) is 11.8 Å². The highest BCUT2D eigenvalue weighted by molar-refractivity contribution is 5.84. The van der Waals surface area contributed by atoms with Gasteiger partial charge >= 0.3 is 0 Å². The molecule has 24 heavy (non-hydrogen) atoms. The molecule has 1 saturated heterocycles. The van der Waals surface area contributed by atoms with Crippen molar-refractivity contribution in [3.8, 4) is 0 Å². The average Bonchev–Trinajstić information content (AvgIpc) is 3.00. The highest BCUT2D eigenvalue weighted by atomic mass is 16.2. The Labute approximate surface area is 145 Å². The molecule has 1 aromatic rings. The summed E-state index contributed by atoms with van der Waals surface area (Å²) < 4.78 is 0. The first-order chi connectivity index (χ1) is 11.4. The van der Waals surface area contributed by atoms with E-state index in [1.54, 1.807) is 19.0 Å². The fraction of sp³-hybridized carbons (Fsp3) is 0.579. The van der Waals surface area contributed by atoms with Crippen LogP contribution in [0, 0.1) is 5.92 Å². The minimum absolute atomic E-state index is 0.00990. The second-order valence-corrected chi connectivity index (χ2v) is 7.06. The average molecular weight is 331 g/mol. The van der Waals surface area contributed by atoms with Gasteiger partial charge in [0.05, 0.1) is 18.6 Å². The van der Waals surface area contributed by atoms with E-state index >= 15 is 0 Å². The number of likely N-dealkylation sites (tertiary alicyclic amines) is 1. The molecule has 1 aromatic carbocycles. The van der Waals surface area contributed by atoms with Gasteiger partial charge in [-0.25, -0.2) is 0 Å². The van der Waals surface area contributed by atoms with E-state index in [0.29, 0.717) is 5.92 Å². The van der Waals surface area contributed by atoms with E-state index in [1.165, 1.54) is 0 Å². The molecule has 2 atom stereocenters. The largest absolute Gasteiger partial charge is 0.348 e. The lowest BCUT2D eigenvalue weighted by Gasteiger charge is -2.28. The van der Waals surface area contributed by atoms with Crippen LogP contribution in [-0.4, -0.2) is 54.8 Å². The third kappa shape index (κ3) is 4.57. The number of nitrogens with zero attached hydrogens (tertiary/aromatic N) is 2. The lowest BCUT2D eigenvalue weighted by molar-refractivity contribution is -0.134. The second-order valence-electron chi connectivity index (χ2n) is 7.06. The third-order valence-electron chi connectivity index (χ3n) is 4.58. The maximum Gasteiger partial charge on any atom is 0.239 e. The molecule has 2 rings (SSSR count). The molecule has 0 radical (unpaired) electrons. The summed E-state index contributed by atoms with van der Waals surface area (Å²) in [6.07, 6.45) is 1.79. The van der Waals surface area contributed by atoms with Gasteiger partial charge in [-0.05, 0) is 30.9 Å². The first-order valence-electron chi connectivity index (χ1n) is 8.69. The van der Waals surface area contributed by atoms with Crippen LogP contribution < -0.4 is 5.32 Å². The molecular formula is C19H29N3O2. The third-order valence-corrected chi connectivity index (χ3v) is 4.58. The number of rotatable bonds is 6. The van der Waals surface area contributed by atoms with Crippen molar-refractivity contribution < 1.29 is 9.59 Å². The Morgan fingerprint density at radius 2 is 1.92 bits per heavy atom. The molecule has 0 aliphatic carbocycles. The molecule has 1 aliphatic heterocycles. The fourth-order valence-electron chi connectivity index (χ4n) is 3.29. The minimum atomic E-state index is -0.167. The molecule has 2 amide bonds. The quantitative estimate of drug-likeness (QED) is 0.868. The van der Waals surface area contributed by atoms with E-state index < -0.39 is 0 Å². The van der Waals surface area contributed by atoms with E-state index in [1.807, 2.05) is 35.2 Å². The van der Waals surface area contributed by atoms with E-state index in [4.69, 9.17) is 0 Å². The van der Waals surface area contributed by atoms with Gasteiger partial charge in [0.25, 0.3) is 0 Å². The van der Waals surface area contributed by atoms with Crippen LogP contribution in [0.15, 0.2) is 30.3 Å². The van der Waals surface area contributed by atoms with E-state index in [0.717, 1.165) is 24.9 Å². The number of carbonyl (C=O) groups is 2. The number of nitrogens with one attached hydrogen (secondary N) is 1. The van der Waals surface area contributed by atoms with Gasteiger partial charge in [-0.15, -0.1) is 0 Å². The molecule has 2 unspecified atom stereocenters. The summed E-state index contributed by atoms with van der Waals surface area (Å²) in [7, 11) is 3.53. The molecule has 5 heteroatoms. The van der Waals surface area contributed by atoms with Crippen LogP contribution in [0.3, 0.4) is 0 Å². The van der Waals surface area contributed by atoms with E-state index in [2.05, 4.69) is 19.2 Å². The number of amides is 2. The zero-order valence-electron chi connectivity index (χ0n) is 15.2. The van der Waals surface area contributed by atoms with Gasteiger partial charge in [-0.1, -0.05) is 44.2 Å². The minimum Gasteiger partial charge on any atom is -0.348 e. The maximum atomic E-state index is 12.5. The molecule has 1 fully saturated rings. The Balaban J connectivity index is 1.99. The van der Waals surface area contributed by atoms with Crippen molar-refractivity contribution in [3.05, 3.63) is 35.9 Å². The van der Waals surface area contributed by atoms with Crippen LogP contribution in [0.25, 0.3) is 0 Å². The molecule has 0 aromatic heterocycles. The predicted molar refractivity (Wildman–Crippen MR) is 95.5 cm³/mol. The van der Waals surface area contributed by atoms with Gasteiger partial charge in [-0.2, -0.15) is 0 Å². The molecule has 132 valence electrons. The SMILES string of the molecule is CC(C)C(NC(=O)CN1CCCC1C(=O)N(C)C)c1ccccc1. The second kappa shape index (κ2) is 8.29. The van der Waals surface area contributed by atoms with Gasteiger partial charge in [0.1, 0.15) is 0 Å². The van der Waals surface area contributed by atoms with Gasteiger partial charge in [0.15, 0.2) is 0 Å². The van der Waals surface area contributed by atoms with Crippen LogP contribution in [0.5, 0.6) is 0 Å². The first kappa shape index (κ1) is 18.5. The zero-order chi connectivity index (χ0) is 17.7. The Morgan fingerprint density at radius 1 is 1.25 bits per heavy atom. The fourth-order valence-corrected chi connectivity index (χ4v) is 3.29. The van der Waals surface area contributed by atoms with Gasteiger partial charge in [0, 0.05) is 14.1 Å². The summed E-state index contributed by atoms with van der Waals surface area (Å²) in [6, 6.07) is 9.86. The van der Waals surface area contributed by atoms with Crippen molar-refractivity contribution in [1.82, 2.24) is 15.1 Å². The predicted octanol–water partition coefficient (Wildman–Crippen LogP) is 2.05. The number of carbonyl (C=O) groups excluding carboxylic acids is 2. The molecule has 0 spiro atoms. The summed E-state index contributed by atoms with van der Waals surface area (Å²) >= 11 is 0. The summed E-state index contributed by atoms with van der Waals surface area (Å²) in [6.45, 7) is 5.29. The number of likely N-dealkylation sites (N-methyl/N-ethyl adjacent to an activating group) is 1. The van der Waals surface area contributed by atoms with E-state index in [-0.39, 0.29) is 30.4 Å². The van der Waals surface area contributed by atoms with Crippen molar-refractivity contribution in [3.63, 3.8) is 0 Å². The highest BCUT2D eigenvalue weighted by Gasteiger charge is 2.33. The summed E-state index contributed by atoms with van der Waals surface area (Å²) in [5.74, 6) is 0.369. The molecule has 0 saturated carbocycles. The van der Waals surface area contributed by atoms with Crippen molar-refractivity contribution in [1.29, 1.82) is 0 Å². The van der Waals surface area contributed by atoms with Crippen molar-refractivity contribution in [2.75, 3.05) is 27.2 Å². The summed E-state index contributed by atoms with van der Waals surface area (Å²) in [5, 5.41) is 3.14. The zero-order valence-corrected chi connectivity index (χ0v) is 15.2. The molecule has 1 N–H and O–H groups in total. The van der Waals surface area contributed by atoms with Crippen molar-refractivity contribution in [2.24, 2.45) is 5.92 Å². The Bertz CT molecular complexity index is 557. The smallest absolute Gasteiger partial charge is 0.239 e. The van der Waals surface area contributed by atoms with Crippen molar-refractivity contribution in [2.45, 2.75) is 38.8 Å². The normalized spacial score (nSPS) is 19.3. The number of benzene rings is 1. The standard InChI is InChI=1S/C19H29N3O2/c1-14(2)18(15-9-6-5-7-10-15)20-17(23)13-22-12-8-11-16(22)19(24)21(3)4/h5-7,9-10,14,16,18H,8,11-13H2,1-4H3,(H,20,23). The molecule has 5 nitrogen and oxygen atoms in total. The monoisotopic (exact) mass is 331 g/mol. The van der Waals surface area contributed by atoms with Crippen LogP contribution in [0.4, 0.5) is 0 Å². The lowest BCUT2D eigenvalue weighted by atomic mass is 9.96. The molecule has 1 aliphatic rings. The Kier molecular flexibility index (Phi) is 6.37. The summed E-state index contributed by atoms with van der Waals surface area (Å²) in [5.41, 5.74) is 1.11. The molecule has 1 heterocycles. The molecular weight excluding hydrogens is 302 g/mol. The maximum absolute atomic E-state index is 12.5. The van der Waals surface area contributed by atoms with Crippen molar-refractivity contribution >= 4 is 11.8 Å². The van der Waals surface area contributed by atoms with Gasteiger partial charge < -0.3 is 10.2 Å². The van der Waals surface area contributed by atoms with Crippen LogP contribution >= 0.6 is 0 Å². The Morgan fingerprint density at radius 3 is 2.50 bits per heavy atom.